The Hall–Kier alpha value is -1.62. The number of esters is 1. The van der Waals surface area contributed by atoms with Crippen molar-refractivity contribution in [2.45, 2.75) is 64.5 Å². The van der Waals surface area contributed by atoms with Gasteiger partial charge in [0.2, 0.25) is 0 Å². The lowest BCUT2D eigenvalue weighted by atomic mass is 9.81. The van der Waals surface area contributed by atoms with Crippen LogP contribution in [0.4, 0.5) is 0 Å². The first-order chi connectivity index (χ1) is 12.0. The molecule has 1 saturated carbocycles. The van der Waals surface area contributed by atoms with Crippen molar-refractivity contribution >= 4 is 11.9 Å². The van der Waals surface area contributed by atoms with Crippen molar-refractivity contribution in [1.82, 2.24) is 4.90 Å². The molecule has 2 aliphatic rings. The van der Waals surface area contributed by atoms with Gasteiger partial charge >= 0.3 is 5.97 Å². The van der Waals surface area contributed by atoms with E-state index in [0.717, 1.165) is 12.3 Å². The molecule has 4 atom stereocenters. The number of likely N-dealkylation sites (tertiary alicyclic amines) is 1. The Morgan fingerprint density at radius 3 is 2.68 bits per heavy atom. The van der Waals surface area contributed by atoms with Crippen LogP contribution in [0, 0.1) is 11.8 Å². The fourth-order valence-corrected chi connectivity index (χ4v) is 4.02. The number of aliphatic hydroxyl groups is 1. The molecule has 0 radical (unpaired) electrons. The monoisotopic (exact) mass is 349 g/mol. The molecule has 0 spiro atoms. The van der Waals surface area contributed by atoms with E-state index in [4.69, 9.17) is 4.74 Å². The van der Waals surface area contributed by atoms with Crippen molar-refractivity contribution in [2.75, 3.05) is 13.7 Å². The van der Waals surface area contributed by atoms with Gasteiger partial charge in [-0.1, -0.05) is 44.4 Å². The normalized spacial score (nSPS) is 30.7. The quantitative estimate of drug-likeness (QED) is 0.471. The molecule has 1 amide bonds. The predicted molar refractivity (Wildman–Crippen MR) is 96.8 cm³/mol. The zero-order chi connectivity index (χ0) is 18.4. The zero-order valence-electron chi connectivity index (χ0n) is 15.6. The Labute approximate surface area is 150 Å². The van der Waals surface area contributed by atoms with Crippen molar-refractivity contribution in [3.05, 3.63) is 23.8 Å². The molecule has 1 aliphatic heterocycles. The first-order valence-corrected chi connectivity index (χ1v) is 9.36. The van der Waals surface area contributed by atoms with Crippen molar-refractivity contribution in [2.24, 2.45) is 11.8 Å². The lowest BCUT2D eigenvalue weighted by molar-refractivity contribution is -0.149. The molecule has 2 fully saturated rings. The van der Waals surface area contributed by atoms with Crippen LogP contribution >= 0.6 is 0 Å². The number of nitrogens with zero attached hydrogens (tertiary/aromatic N) is 1. The van der Waals surface area contributed by atoms with Crippen LogP contribution in [0.15, 0.2) is 23.8 Å². The number of hydrogen-bond acceptors (Lipinski definition) is 4. The van der Waals surface area contributed by atoms with Gasteiger partial charge in [0.1, 0.15) is 6.04 Å². The van der Waals surface area contributed by atoms with Gasteiger partial charge < -0.3 is 14.7 Å². The van der Waals surface area contributed by atoms with Crippen LogP contribution in [0.1, 0.15) is 52.4 Å². The minimum absolute atomic E-state index is 0.171. The van der Waals surface area contributed by atoms with E-state index in [1.54, 1.807) is 6.08 Å². The number of hydrogen-bond donors (Lipinski definition) is 1. The summed E-state index contributed by atoms with van der Waals surface area (Å²) in [5, 5.41) is 9.85. The van der Waals surface area contributed by atoms with Crippen LogP contribution in [0.5, 0.6) is 0 Å². The van der Waals surface area contributed by atoms with Gasteiger partial charge in [0.15, 0.2) is 0 Å². The van der Waals surface area contributed by atoms with Gasteiger partial charge in [0.05, 0.1) is 13.2 Å². The van der Waals surface area contributed by atoms with E-state index in [1.807, 2.05) is 13.0 Å². The Balaban J connectivity index is 1.98. The van der Waals surface area contributed by atoms with Gasteiger partial charge in [-0.15, -0.1) is 0 Å². The Morgan fingerprint density at radius 1 is 1.28 bits per heavy atom. The van der Waals surface area contributed by atoms with E-state index < -0.39 is 18.1 Å². The van der Waals surface area contributed by atoms with Crippen LogP contribution in [0.2, 0.25) is 0 Å². The van der Waals surface area contributed by atoms with Crippen LogP contribution in [-0.2, 0) is 14.3 Å². The van der Waals surface area contributed by atoms with Crippen LogP contribution in [-0.4, -0.2) is 47.7 Å². The smallest absolute Gasteiger partial charge is 0.328 e. The van der Waals surface area contributed by atoms with Gasteiger partial charge in [0.25, 0.3) is 5.91 Å². The lowest BCUT2D eigenvalue weighted by Gasteiger charge is -2.25. The maximum Gasteiger partial charge on any atom is 0.328 e. The fourth-order valence-electron chi connectivity index (χ4n) is 4.02. The Kier molecular flexibility index (Phi) is 7.24. The van der Waals surface area contributed by atoms with Gasteiger partial charge in [0, 0.05) is 18.5 Å². The van der Waals surface area contributed by atoms with Crippen molar-refractivity contribution in [1.29, 1.82) is 0 Å². The number of ether oxygens (including phenoxy) is 1. The summed E-state index contributed by atoms with van der Waals surface area (Å²) < 4.78 is 4.77. The van der Waals surface area contributed by atoms with E-state index in [1.165, 1.54) is 37.7 Å². The van der Waals surface area contributed by atoms with Crippen molar-refractivity contribution < 1.29 is 19.4 Å². The van der Waals surface area contributed by atoms with Crippen molar-refractivity contribution in [3.63, 3.8) is 0 Å². The van der Waals surface area contributed by atoms with E-state index >= 15 is 0 Å². The molecule has 1 heterocycles. The summed E-state index contributed by atoms with van der Waals surface area (Å²) in [5.41, 5.74) is 0.562. The maximum atomic E-state index is 12.8. The average Bonchev–Trinajstić information content (AvgIpc) is 2.99. The molecule has 0 aromatic heterocycles. The molecule has 2 unspecified atom stereocenters. The number of carbonyl (C=O) groups excluding carboxylic acids is 2. The lowest BCUT2D eigenvalue weighted by Crippen LogP contribution is -2.41. The highest BCUT2D eigenvalue weighted by Gasteiger charge is 2.40. The average molecular weight is 349 g/mol. The summed E-state index contributed by atoms with van der Waals surface area (Å²) in [7, 11) is 1.30. The molecule has 0 bridgehead atoms. The molecule has 140 valence electrons. The summed E-state index contributed by atoms with van der Waals surface area (Å²) in [4.78, 5) is 26.1. The second-order valence-electron chi connectivity index (χ2n) is 7.41. The van der Waals surface area contributed by atoms with E-state index in [0.29, 0.717) is 11.5 Å². The molecule has 1 aliphatic carbocycles. The highest BCUT2D eigenvalue weighted by Crippen LogP contribution is 2.31. The molecule has 5 heteroatoms. The van der Waals surface area contributed by atoms with Crippen LogP contribution in [0.25, 0.3) is 0 Å². The van der Waals surface area contributed by atoms with Crippen molar-refractivity contribution in [3.8, 4) is 0 Å². The first-order valence-electron chi connectivity index (χ1n) is 9.36. The number of rotatable bonds is 5. The molecule has 25 heavy (non-hydrogen) atoms. The summed E-state index contributed by atoms with van der Waals surface area (Å²) in [6, 6.07) is -0.699. The number of aliphatic hydroxyl groups excluding tert-OH is 1. The maximum absolute atomic E-state index is 12.8. The molecule has 0 aromatic rings. The molecular formula is C20H31NO4. The molecule has 1 saturated heterocycles. The molecular weight excluding hydrogens is 318 g/mol. The minimum Gasteiger partial charge on any atom is -0.467 e. The van der Waals surface area contributed by atoms with Crippen LogP contribution in [0.3, 0.4) is 0 Å². The largest absolute Gasteiger partial charge is 0.467 e. The third kappa shape index (κ3) is 5.18. The van der Waals surface area contributed by atoms with Gasteiger partial charge in [-0.2, -0.15) is 0 Å². The third-order valence-electron chi connectivity index (χ3n) is 5.38. The molecule has 0 aromatic carbocycles. The second kappa shape index (κ2) is 9.18. The number of methoxy groups -OCH3 is 1. The summed E-state index contributed by atoms with van der Waals surface area (Å²) in [6.45, 7) is 4.30. The number of β-amino-alcohol motifs (C(OH)–C–C–N with tert-alkyl or cyclic N) is 1. The predicted octanol–water partition coefficient (Wildman–Crippen LogP) is 2.84. The number of allylic oxidation sites excluding steroid dienone is 2. The number of carbonyl (C=O) groups is 2. The topological polar surface area (TPSA) is 66.8 Å². The first kappa shape index (κ1) is 19.7. The van der Waals surface area contributed by atoms with E-state index in [2.05, 4.69) is 13.0 Å². The standard InChI is InChI=1S/C20H31NO4/c1-4-16(10-6-9-15-8-5-7-14(2)11-15)19(23)21-13-17(22)12-18(21)20(24)25-3/h4,6,10,14-15,17-18,22H,5,7-9,11-13H2,1-3H3/b10-6-,16-4+/t14?,15?,17-,18+/m1/s1. The van der Waals surface area contributed by atoms with E-state index in [-0.39, 0.29) is 18.9 Å². The minimum atomic E-state index is -0.699. The fraction of sp³-hybridized carbons (Fsp3) is 0.700. The summed E-state index contributed by atoms with van der Waals surface area (Å²) in [6.07, 6.45) is 11.4. The Morgan fingerprint density at radius 2 is 2.04 bits per heavy atom. The molecule has 1 N–H and O–H groups in total. The van der Waals surface area contributed by atoms with E-state index in [9.17, 15) is 14.7 Å². The summed E-state index contributed by atoms with van der Waals surface area (Å²) >= 11 is 0. The molecule has 2 rings (SSSR count). The highest BCUT2D eigenvalue weighted by atomic mass is 16.5. The van der Waals surface area contributed by atoms with Gasteiger partial charge in [-0.3, -0.25) is 4.79 Å². The second-order valence-corrected chi connectivity index (χ2v) is 7.41. The SMILES string of the molecule is C/C=C(\C=C/CC1CCCC(C)C1)C(=O)N1C[C@H](O)C[C@H]1C(=O)OC. The molecule has 5 nitrogen and oxygen atoms in total. The number of amides is 1. The van der Waals surface area contributed by atoms with Gasteiger partial charge in [-0.25, -0.2) is 4.79 Å². The summed E-state index contributed by atoms with van der Waals surface area (Å²) in [5.74, 6) is 0.801. The zero-order valence-corrected chi connectivity index (χ0v) is 15.6. The Bertz CT molecular complexity index is 540. The van der Waals surface area contributed by atoms with Gasteiger partial charge in [-0.05, 0) is 31.6 Å². The highest BCUT2D eigenvalue weighted by molar-refractivity contribution is 5.98. The third-order valence-corrected chi connectivity index (χ3v) is 5.38. The van der Waals surface area contributed by atoms with Crippen LogP contribution < -0.4 is 0 Å².